The Morgan fingerprint density at radius 1 is 1.04 bits per heavy atom. The number of benzene rings is 2. The number of primary amides is 1. The van der Waals surface area contributed by atoms with Crippen LogP contribution in [0.3, 0.4) is 0 Å². The molecule has 7 nitrogen and oxygen atoms in total. The second kappa shape index (κ2) is 9.87. The average Bonchev–Trinajstić information content (AvgIpc) is 2.72. The molecule has 0 radical (unpaired) electrons. The van der Waals surface area contributed by atoms with E-state index in [0.29, 0.717) is 17.9 Å². The lowest BCUT2D eigenvalue weighted by molar-refractivity contribution is -0.119. The fourth-order valence-electron chi connectivity index (χ4n) is 3.02. The van der Waals surface area contributed by atoms with Crippen LogP contribution in [0.2, 0.25) is 0 Å². The molecule has 0 unspecified atom stereocenters. The highest BCUT2D eigenvalue weighted by atomic mass is 16.5. The van der Waals surface area contributed by atoms with Crippen LogP contribution < -0.4 is 15.8 Å². The summed E-state index contributed by atoms with van der Waals surface area (Å²) in [6.45, 7) is 4.48. The van der Waals surface area contributed by atoms with E-state index in [9.17, 15) is 9.59 Å². The maximum absolute atomic E-state index is 12.4. The molecule has 0 atom stereocenters. The second-order valence-electron chi connectivity index (χ2n) is 6.62. The van der Waals surface area contributed by atoms with Crippen molar-refractivity contribution in [1.82, 2.24) is 10.2 Å². The average molecular weight is 383 g/mol. The van der Waals surface area contributed by atoms with Crippen molar-refractivity contribution in [1.29, 1.82) is 0 Å². The zero-order chi connectivity index (χ0) is 19.8. The molecule has 2 aromatic carbocycles. The number of nitrogens with two attached hydrogens (primary N) is 1. The highest BCUT2D eigenvalue weighted by Gasteiger charge is 2.13. The molecule has 2 aromatic rings. The molecule has 148 valence electrons. The fraction of sp³-hybridized carbons (Fsp3) is 0.333. The Kier molecular flexibility index (Phi) is 7.00. The number of carbonyl (C=O) groups is 2. The minimum atomic E-state index is -0.544. The van der Waals surface area contributed by atoms with Crippen LogP contribution in [0.1, 0.15) is 21.5 Å². The van der Waals surface area contributed by atoms with Crippen LogP contribution in [0.4, 0.5) is 0 Å². The number of hydrogen-bond acceptors (Lipinski definition) is 5. The van der Waals surface area contributed by atoms with E-state index in [1.807, 2.05) is 18.2 Å². The third-order valence-electron chi connectivity index (χ3n) is 4.55. The van der Waals surface area contributed by atoms with E-state index in [1.54, 1.807) is 24.3 Å². The normalized spacial score (nSPS) is 14.4. The van der Waals surface area contributed by atoms with Crippen LogP contribution in [-0.4, -0.2) is 49.6 Å². The van der Waals surface area contributed by atoms with Crippen molar-refractivity contribution in [3.05, 3.63) is 65.2 Å². The molecule has 0 aromatic heterocycles. The van der Waals surface area contributed by atoms with Gasteiger partial charge in [-0.1, -0.05) is 24.3 Å². The van der Waals surface area contributed by atoms with Crippen LogP contribution in [0.15, 0.2) is 48.5 Å². The summed E-state index contributed by atoms with van der Waals surface area (Å²) in [6.07, 6.45) is 0. The Bertz CT molecular complexity index is 802. The Hall–Kier alpha value is -2.90. The molecule has 1 aliphatic rings. The number of carbonyl (C=O) groups excluding carboxylic acids is 2. The molecular formula is C21H25N3O4. The Balaban J connectivity index is 1.56. The molecule has 3 rings (SSSR count). The van der Waals surface area contributed by atoms with Gasteiger partial charge >= 0.3 is 0 Å². The van der Waals surface area contributed by atoms with Gasteiger partial charge in [0, 0.05) is 31.7 Å². The van der Waals surface area contributed by atoms with Gasteiger partial charge in [0.15, 0.2) is 6.61 Å². The lowest BCUT2D eigenvalue weighted by Crippen LogP contribution is -2.36. The van der Waals surface area contributed by atoms with Gasteiger partial charge in [0.2, 0.25) is 0 Å². The zero-order valence-electron chi connectivity index (χ0n) is 15.7. The van der Waals surface area contributed by atoms with Crippen LogP contribution in [0, 0.1) is 0 Å². The van der Waals surface area contributed by atoms with Crippen molar-refractivity contribution >= 4 is 11.8 Å². The predicted octanol–water partition coefficient (Wildman–Crippen LogP) is 1.31. The number of hydrogen-bond donors (Lipinski definition) is 2. The van der Waals surface area contributed by atoms with Crippen molar-refractivity contribution in [2.75, 3.05) is 32.9 Å². The van der Waals surface area contributed by atoms with Crippen LogP contribution >= 0.6 is 0 Å². The number of amides is 2. The highest BCUT2D eigenvalue weighted by Crippen LogP contribution is 2.15. The molecule has 7 heteroatoms. The van der Waals surface area contributed by atoms with Crippen LogP contribution in [0.25, 0.3) is 0 Å². The van der Waals surface area contributed by atoms with Gasteiger partial charge in [-0.3, -0.25) is 14.5 Å². The summed E-state index contributed by atoms with van der Waals surface area (Å²) in [5.74, 6) is -0.216. The summed E-state index contributed by atoms with van der Waals surface area (Å²) in [6, 6.07) is 14.7. The van der Waals surface area contributed by atoms with Crippen LogP contribution in [-0.2, 0) is 22.6 Å². The quantitative estimate of drug-likeness (QED) is 0.717. The molecular weight excluding hydrogens is 358 g/mol. The van der Waals surface area contributed by atoms with Crippen molar-refractivity contribution in [3.63, 3.8) is 0 Å². The van der Waals surface area contributed by atoms with E-state index in [2.05, 4.69) is 16.3 Å². The van der Waals surface area contributed by atoms with Gasteiger partial charge in [-0.15, -0.1) is 0 Å². The molecule has 1 fully saturated rings. The fourth-order valence-corrected chi connectivity index (χ4v) is 3.02. The van der Waals surface area contributed by atoms with E-state index < -0.39 is 5.91 Å². The Labute approximate surface area is 164 Å². The van der Waals surface area contributed by atoms with Crippen molar-refractivity contribution in [2.45, 2.75) is 13.1 Å². The number of nitrogens with zero attached hydrogens (tertiary/aromatic N) is 1. The third kappa shape index (κ3) is 5.80. The molecule has 0 spiro atoms. The first-order chi connectivity index (χ1) is 13.6. The summed E-state index contributed by atoms with van der Waals surface area (Å²) in [5, 5.41) is 2.97. The van der Waals surface area contributed by atoms with E-state index in [1.165, 1.54) is 5.56 Å². The van der Waals surface area contributed by atoms with Gasteiger partial charge < -0.3 is 20.5 Å². The van der Waals surface area contributed by atoms with Gasteiger partial charge in [0.05, 0.1) is 13.2 Å². The zero-order valence-corrected chi connectivity index (χ0v) is 15.7. The minimum absolute atomic E-state index is 0.164. The van der Waals surface area contributed by atoms with Gasteiger partial charge in [0.25, 0.3) is 11.8 Å². The van der Waals surface area contributed by atoms with Crippen molar-refractivity contribution in [3.8, 4) is 5.75 Å². The molecule has 2 amide bonds. The van der Waals surface area contributed by atoms with Crippen molar-refractivity contribution in [2.24, 2.45) is 5.73 Å². The number of morpholine rings is 1. The van der Waals surface area contributed by atoms with E-state index in [-0.39, 0.29) is 12.5 Å². The third-order valence-corrected chi connectivity index (χ3v) is 4.55. The first-order valence-electron chi connectivity index (χ1n) is 9.28. The standard InChI is InChI=1S/C21H25N3O4/c22-20(25)15-28-19-7-5-16(6-8-19)21(26)23-13-17-3-1-2-4-18(17)14-24-9-11-27-12-10-24/h1-8H,9-15H2,(H2,22,25)(H,23,26). The van der Waals surface area contributed by atoms with Gasteiger partial charge in [0.1, 0.15) is 5.75 Å². The molecule has 0 aliphatic carbocycles. The largest absolute Gasteiger partial charge is 0.484 e. The number of rotatable bonds is 8. The summed E-state index contributed by atoms with van der Waals surface area (Å²) in [4.78, 5) is 25.5. The lowest BCUT2D eigenvalue weighted by atomic mass is 10.1. The maximum Gasteiger partial charge on any atom is 0.255 e. The number of ether oxygens (including phenoxy) is 2. The van der Waals surface area contributed by atoms with Crippen molar-refractivity contribution < 1.29 is 19.1 Å². The van der Waals surface area contributed by atoms with Gasteiger partial charge in [-0.25, -0.2) is 0 Å². The summed E-state index contributed by atoms with van der Waals surface area (Å²) >= 11 is 0. The first kappa shape index (κ1) is 19.9. The van der Waals surface area contributed by atoms with Gasteiger partial charge in [-0.05, 0) is 35.4 Å². The maximum atomic E-state index is 12.4. The molecule has 1 heterocycles. The summed E-state index contributed by atoms with van der Waals surface area (Å²) < 4.78 is 10.6. The van der Waals surface area contributed by atoms with E-state index in [0.717, 1.165) is 38.4 Å². The SMILES string of the molecule is NC(=O)COc1ccc(C(=O)NCc2ccccc2CN2CCOCC2)cc1. The van der Waals surface area contributed by atoms with Gasteiger partial charge in [-0.2, -0.15) is 0 Å². The van der Waals surface area contributed by atoms with E-state index in [4.69, 9.17) is 15.2 Å². The number of nitrogens with one attached hydrogen (secondary N) is 1. The molecule has 1 saturated heterocycles. The Morgan fingerprint density at radius 3 is 2.39 bits per heavy atom. The molecule has 28 heavy (non-hydrogen) atoms. The summed E-state index contributed by atoms with van der Waals surface area (Å²) in [7, 11) is 0. The molecule has 0 saturated carbocycles. The Morgan fingerprint density at radius 2 is 1.71 bits per heavy atom. The molecule has 0 bridgehead atoms. The molecule has 3 N–H and O–H groups in total. The molecule has 1 aliphatic heterocycles. The summed E-state index contributed by atoms with van der Waals surface area (Å²) in [5.41, 5.74) is 7.88. The van der Waals surface area contributed by atoms with E-state index >= 15 is 0 Å². The predicted molar refractivity (Wildman–Crippen MR) is 105 cm³/mol. The smallest absolute Gasteiger partial charge is 0.255 e. The topological polar surface area (TPSA) is 93.9 Å². The highest BCUT2D eigenvalue weighted by molar-refractivity contribution is 5.94. The second-order valence-corrected chi connectivity index (χ2v) is 6.62. The monoisotopic (exact) mass is 383 g/mol. The lowest BCUT2D eigenvalue weighted by Gasteiger charge is -2.27. The first-order valence-corrected chi connectivity index (χ1v) is 9.28. The minimum Gasteiger partial charge on any atom is -0.484 e. The van der Waals surface area contributed by atoms with Crippen LogP contribution in [0.5, 0.6) is 5.75 Å².